The molecule has 5 heteroatoms. The molecule has 3 nitrogen and oxygen atoms in total. The zero-order chi connectivity index (χ0) is 17.5. The zero-order valence-corrected chi connectivity index (χ0v) is 14.7. The van der Waals surface area contributed by atoms with Crippen LogP contribution in [-0.4, -0.2) is 26.9 Å². The summed E-state index contributed by atoms with van der Waals surface area (Å²) in [6, 6.07) is 13.2. The molecule has 0 saturated carbocycles. The number of hydrogen-bond acceptors (Lipinski definition) is 3. The van der Waals surface area contributed by atoms with Gasteiger partial charge in [0.25, 0.3) is 0 Å². The third-order valence-electron chi connectivity index (χ3n) is 4.23. The molecule has 1 aliphatic rings. The number of rotatable bonds is 3. The van der Waals surface area contributed by atoms with Gasteiger partial charge in [-0.3, -0.25) is 0 Å². The fourth-order valence-electron chi connectivity index (χ4n) is 3.05. The SMILES string of the molecule is CC1(C)OCC(c2cccc(F)c2)=C1c1ccc(S(C)(=O)=O)cc1. The van der Waals surface area contributed by atoms with E-state index >= 15 is 0 Å². The molecule has 126 valence electrons. The van der Waals surface area contributed by atoms with Crippen molar-refractivity contribution in [3.05, 3.63) is 65.5 Å². The fraction of sp³-hybridized carbons (Fsp3) is 0.263. The summed E-state index contributed by atoms with van der Waals surface area (Å²) in [7, 11) is -3.24. The van der Waals surface area contributed by atoms with Crippen LogP contribution in [0.2, 0.25) is 0 Å². The summed E-state index contributed by atoms with van der Waals surface area (Å²) in [5.74, 6) is -0.295. The Morgan fingerprint density at radius 3 is 2.29 bits per heavy atom. The van der Waals surface area contributed by atoms with Gasteiger partial charge in [0.1, 0.15) is 5.82 Å². The lowest BCUT2D eigenvalue weighted by Crippen LogP contribution is -2.21. The van der Waals surface area contributed by atoms with Crippen molar-refractivity contribution in [1.82, 2.24) is 0 Å². The van der Waals surface area contributed by atoms with Crippen molar-refractivity contribution in [2.75, 3.05) is 12.9 Å². The van der Waals surface area contributed by atoms with E-state index in [9.17, 15) is 12.8 Å². The van der Waals surface area contributed by atoms with E-state index in [-0.39, 0.29) is 10.7 Å². The minimum absolute atomic E-state index is 0.274. The van der Waals surface area contributed by atoms with Crippen LogP contribution < -0.4 is 0 Å². The molecule has 0 unspecified atom stereocenters. The molecule has 0 bridgehead atoms. The van der Waals surface area contributed by atoms with Crippen molar-refractivity contribution in [3.8, 4) is 0 Å². The second-order valence-electron chi connectivity index (χ2n) is 6.46. The third kappa shape index (κ3) is 3.14. The Morgan fingerprint density at radius 1 is 1.04 bits per heavy atom. The molecule has 0 saturated heterocycles. The molecule has 0 fully saturated rings. The predicted octanol–water partition coefficient (Wildman–Crippen LogP) is 3.95. The maximum absolute atomic E-state index is 13.6. The molecular weight excluding hydrogens is 327 g/mol. The first-order valence-electron chi connectivity index (χ1n) is 7.62. The molecule has 0 aromatic heterocycles. The number of ether oxygens (including phenoxy) is 1. The van der Waals surface area contributed by atoms with E-state index < -0.39 is 15.4 Å². The highest BCUT2D eigenvalue weighted by Gasteiger charge is 2.35. The van der Waals surface area contributed by atoms with Gasteiger partial charge in [-0.05, 0) is 60.4 Å². The lowest BCUT2D eigenvalue weighted by molar-refractivity contribution is 0.0655. The van der Waals surface area contributed by atoms with E-state index in [1.807, 2.05) is 19.9 Å². The Kier molecular flexibility index (Phi) is 4.10. The fourth-order valence-corrected chi connectivity index (χ4v) is 3.69. The van der Waals surface area contributed by atoms with E-state index in [0.717, 1.165) is 22.3 Å². The van der Waals surface area contributed by atoms with E-state index in [1.54, 1.807) is 30.3 Å². The highest BCUT2D eigenvalue weighted by Crippen LogP contribution is 2.43. The molecule has 0 aliphatic carbocycles. The lowest BCUT2D eigenvalue weighted by atomic mass is 9.87. The van der Waals surface area contributed by atoms with Crippen LogP contribution in [0, 0.1) is 5.82 Å². The minimum Gasteiger partial charge on any atom is -0.366 e. The molecule has 1 aliphatic heterocycles. The Labute approximate surface area is 141 Å². The van der Waals surface area contributed by atoms with Crippen LogP contribution in [0.1, 0.15) is 25.0 Å². The van der Waals surface area contributed by atoms with Gasteiger partial charge < -0.3 is 4.74 Å². The van der Waals surface area contributed by atoms with Crippen molar-refractivity contribution in [3.63, 3.8) is 0 Å². The highest BCUT2D eigenvalue weighted by atomic mass is 32.2. The van der Waals surface area contributed by atoms with Gasteiger partial charge in [-0.1, -0.05) is 24.3 Å². The lowest BCUT2D eigenvalue weighted by Gasteiger charge is -2.22. The molecule has 3 rings (SSSR count). The van der Waals surface area contributed by atoms with Crippen LogP contribution in [0.3, 0.4) is 0 Å². The zero-order valence-electron chi connectivity index (χ0n) is 13.8. The Morgan fingerprint density at radius 2 is 1.71 bits per heavy atom. The summed E-state index contributed by atoms with van der Waals surface area (Å²) < 4.78 is 42.8. The number of hydrogen-bond donors (Lipinski definition) is 0. The molecule has 2 aromatic rings. The van der Waals surface area contributed by atoms with Gasteiger partial charge in [0, 0.05) is 6.26 Å². The van der Waals surface area contributed by atoms with Gasteiger partial charge in [0.05, 0.1) is 17.1 Å². The summed E-state index contributed by atoms with van der Waals surface area (Å²) in [6.45, 7) is 4.30. The molecular formula is C19H19FO3S. The Hall–Kier alpha value is -1.98. The molecule has 0 atom stereocenters. The van der Waals surface area contributed by atoms with Crippen molar-refractivity contribution >= 4 is 21.0 Å². The predicted molar refractivity (Wildman–Crippen MR) is 92.8 cm³/mol. The number of halogens is 1. The smallest absolute Gasteiger partial charge is 0.175 e. The maximum atomic E-state index is 13.6. The quantitative estimate of drug-likeness (QED) is 0.845. The summed E-state index contributed by atoms with van der Waals surface area (Å²) in [4.78, 5) is 0.274. The average Bonchev–Trinajstić information content (AvgIpc) is 2.82. The van der Waals surface area contributed by atoms with Crippen LogP contribution in [0.25, 0.3) is 11.1 Å². The largest absolute Gasteiger partial charge is 0.366 e. The molecule has 2 aromatic carbocycles. The van der Waals surface area contributed by atoms with Gasteiger partial charge in [-0.25, -0.2) is 12.8 Å². The standard InChI is InChI=1S/C19H19FO3S/c1-19(2)18(13-7-9-16(10-8-13)24(3,21)22)17(12-23-19)14-5-4-6-15(20)11-14/h4-11H,12H2,1-3H3. The number of benzene rings is 2. The van der Waals surface area contributed by atoms with Gasteiger partial charge in [0.15, 0.2) is 9.84 Å². The average molecular weight is 346 g/mol. The van der Waals surface area contributed by atoms with E-state index in [1.165, 1.54) is 18.4 Å². The molecule has 24 heavy (non-hydrogen) atoms. The summed E-state index contributed by atoms with van der Waals surface area (Å²) in [6.07, 6.45) is 1.18. The van der Waals surface area contributed by atoms with E-state index in [0.29, 0.717) is 6.61 Å². The molecule has 0 spiro atoms. The van der Waals surface area contributed by atoms with Crippen LogP contribution in [0.5, 0.6) is 0 Å². The molecule has 0 radical (unpaired) electrons. The number of sulfone groups is 1. The molecule has 0 amide bonds. The molecule has 1 heterocycles. The third-order valence-corrected chi connectivity index (χ3v) is 5.35. The van der Waals surface area contributed by atoms with Gasteiger partial charge in [-0.15, -0.1) is 0 Å². The van der Waals surface area contributed by atoms with Gasteiger partial charge in [0.2, 0.25) is 0 Å². The summed E-state index contributed by atoms with van der Waals surface area (Å²) in [5.41, 5.74) is 3.00. The first-order valence-corrected chi connectivity index (χ1v) is 9.52. The summed E-state index contributed by atoms with van der Waals surface area (Å²) in [5, 5.41) is 0. The van der Waals surface area contributed by atoms with Crippen LogP contribution in [0.4, 0.5) is 4.39 Å². The summed E-state index contributed by atoms with van der Waals surface area (Å²) >= 11 is 0. The Balaban J connectivity index is 2.15. The van der Waals surface area contributed by atoms with Crippen LogP contribution in [0.15, 0.2) is 53.4 Å². The topological polar surface area (TPSA) is 43.4 Å². The van der Waals surface area contributed by atoms with Crippen molar-refractivity contribution < 1.29 is 17.5 Å². The first-order chi connectivity index (χ1) is 11.2. The van der Waals surface area contributed by atoms with Crippen LogP contribution >= 0.6 is 0 Å². The minimum atomic E-state index is -3.24. The second kappa shape index (κ2) is 5.83. The second-order valence-corrected chi connectivity index (χ2v) is 8.48. The first kappa shape index (κ1) is 16.9. The van der Waals surface area contributed by atoms with Crippen molar-refractivity contribution in [1.29, 1.82) is 0 Å². The highest BCUT2D eigenvalue weighted by molar-refractivity contribution is 7.90. The van der Waals surface area contributed by atoms with Crippen LogP contribution in [-0.2, 0) is 14.6 Å². The Bertz CT molecular complexity index is 910. The van der Waals surface area contributed by atoms with Crippen molar-refractivity contribution in [2.24, 2.45) is 0 Å². The van der Waals surface area contributed by atoms with E-state index in [4.69, 9.17) is 4.74 Å². The normalized spacial score (nSPS) is 17.3. The van der Waals surface area contributed by atoms with E-state index in [2.05, 4.69) is 0 Å². The monoisotopic (exact) mass is 346 g/mol. The molecule has 0 N–H and O–H groups in total. The van der Waals surface area contributed by atoms with Gasteiger partial charge in [-0.2, -0.15) is 0 Å². The van der Waals surface area contributed by atoms with Gasteiger partial charge >= 0.3 is 0 Å². The van der Waals surface area contributed by atoms with Crippen molar-refractivity contribution in [2.45, 2.75) is 24.3 Å². The maximum Gasteiger partial charge on any atom is 0.175 e.